The van der Waals surface area contributed by atoms with Crippen LogP contribution in [-0.2, 0) is 0 Å². The molecule has 0 bridgehead atoms. The van der Waals surface area contributed by atoms with Crippen molar-refractivity contribution in [3.63, 3.8) is 0 Å². The maximum Gasteiger partial charge on any atom is 0.260 e. The SMILES string of the molecule is COc1ccc(NC(=O)c2cnc(N3CC=C(c4ccccc4)CC3)nc2N)cc1. The standard InChI is InChI=1S/C23H23N5O2/c1-30-19-9-7-18(8-10-19)26-22(29)20-15-25-23(27-21(20)24)28-13-11-17(12-14-28)16-5-3-2-4-6-16/h2-11,15H,12-14H2,1H3,(H,26,29)(H2,24,25,27). The molecular formula is C23H23N5O2. The Morgan fingerprint density at radius 1 is 1.13 bits per heavy atom. The van der Waals surface area contributed by atoms with E-state index in [0.29, 0.717) is 23.9 Å². The molecule has 4 rings (SSSR count). The van der Waals surface area contributed by atoms with Gasteiger partial charge in [-0.05, 0) is 41.8 Å². The van der Waals surface area contributed by atoms with Gasteiger partial charge in [0.15, 0.2) is 0 Å². The molecule has 1 aliphatic heterocycles. The molecule has 3 N–H and O–H groups in total. The fraction of sp³-hybridized carbons (Fsp3) is 0.174. The zero-order valence-electron chi connectivity index (χ0n) is 16.7. The first-order valence-corrected chi connectivity index (χ1v) is 9.71. The predicted octanol–water partition coefficient (Wildman–Crippen LogP) is 3.61. The molecule has 0 unspecified atom stereocenters. The highest BCUT2D eigenvalue weighted by atomic mass is 16.5. The molecule has 0 atom stereocenters. The van der Waals surface area contributed by atoms with E-state index in [4.69, 9.17) is 10.5 Å². The van der Waals surface area contributed by atoms with Crippen LogP contribution in [0.3, 0.4) is 0 Å². The number of nitrogen functional groups attached to an aromatic ring is 1. The van der Waals surface area contributed by atoms with Gasteiger partial charge in [-0.15, -0.1) is 0 Å². The predicted molar refractivity (Wildman–Crippen MR) is 119 cm³/mol. The van der Waals surface area contributed by atoms with E-state index in [-0.39, 0.29) is 17.3 Å². The number of nitrogens with zero attached hydrogens (tertiary/aromatic N) is 3. The van der Waals surface area contributed by atoms with E-state index < -0.39 is 0 Å². The largest absolute Gasteiger partial charge is 0.497 e. The van der Waals surface area contributed by atoms with Crippen LogP contribution in [0.15, 0.2) is 66.9 Å². The summed E-state index contributed by atoms with van der Waals surface area (Å²) in [5, 5.41) is 2.80. The number of nitrogens with two attached hydrogens (primary N) is 1. The molecule has 1 aromatic heterocycles. The first-order chi connectivity index (χ1) is 14.6. The smallest absolute Gasteiger partial charge is 0.260 e. The molecule has 2 heterocycles. The fourth-order valence-corrected chi connectivity index (χ4v) is 3.35. The Bertz CT molecular complexity index is 1060. The first-order valence-electron chi connectivity index (χ1n) is 9.71. The molecule has 152 valence electrons. The van der Waals surface area contributed by atoms with Crippen molar-refractivity contribution in [1.29, 1.82) is 0 Å². The maximum absolute atomic E-state index is 12.6. The van der Waals surface area contributed by atoms with Gasteiger partial charge in [0.1, 0.15) is 17.1 Å². The van der Waals surface area contributed by atoms with Crippen molar-refractivity contribution in [3.05, 3.63) is 78.0 Å². The zero-order valence-corrected chi connectivity index (χ0v) is 16.7. The van der Waals surface area contributed by atoms with Gasteiger partial charge < -0.3 is 20.7 Å². The lowest BCUT2D eigenvalue weighted by Gasteiger charge is -2.27. The third kappa shape index (κ3) is 4.25. The minimum atomic E-state index is -0.353. The van der Waals surface area contributed by atoms with Crippen molar-refractivity contribution in [1.82, 2.24) is 9.97 Å². The van der Waals surface area contributed by atoms with Crippen LogP contribution < -0.4 is 20.7 Å². The van der Waals surface area contributed by atoms with E-state index in [9.17, 15) is 4.79 Å². The van der Waals surface area contributed by atoms with Gasteiger partial charge >= 0.3 is 0 Å². The molecule has 0 saturated heterocycles. The number of aromatic nitrogens is 2. The average Bonchev–Trinajstić information content (AvgIpc) is 2.80. The Hall–Kier alpha value is -3.87. The number of anilines is 3. The number of amides is 1. The molecule has 0 aliphatic carbocycles. The van der Waals surface area contributed by atoms with Crippen LogP contribution in [0.4, 0.5) is 17.5 Å². The summed E-state index contributed by atoms with van der Waals surface area (Å²) in [4.78, 5) is 23.3. The molecule has 3 aromatic rings. The van der Waals surface area contributed by atoms with Crippen molar-refractivity contribution >= 4 is 28.9 Å². The third-order valence-corrected chi connectivity index (χ3v) is 5.03. The van der Waals surface area contributed by atoms with Gasteiger partial charge in [-0.25, -0.2) is 4.98 Å². The van der Waals surface area contributed by atoms with Gasteiger partial charge in [0, 0.05) is 25.0 Å². The van der Waals surface area contributed by atoms with Crippen LogP contribution in [0.1, 0.15) is 22.3 Å². The van der Waals surface area contributed by atoms with Gasteiger partial charge in [0.25, 0.3) is 5.91 Å². The van der Waals surface area contributed by atoms with Crippen LogP contribution in [0, 0.1) is 0 Å². The van der Waals surface area contributed by atoms with Gasteiger partial charge in [-0.1, -0.05) is 36.4 Å². The van der Waals surface area contributed by atoms with E-state index >= 15 is 0 Å². The molecule has 1 amide bonds. The summed E-state index contributed by atoms with van der Waals surface area (Å²) in [6, 6.07) is 17.4. The Morgan fingerprint density at radius 3 is 2.53 bits per heavy atom. The first kappa shape index (κ1) is 19.4. The monoisotopic (exact) mass is 401 g/mol. The highest BCUT2D eigenvalue weighted by Gasteiger charge is 2.18. The van der Waals surface area contributed by atoms with E-state index in [2.05, 4.69) is 33.5 Å². The Labute approximate surface area is 175 Å². The number of rotatable bonds is 5. The van der Waals surface area contributed by atoms with Crippen molar-refractivity contribution in [2.45, 2.75) is 6.42 Å². The summed E-state index contributed by atoms with van der Waals surface area (Å²) in [6.45, 7) is 1.48. The second-order valence-corrected chi connectivity index (χ2v) is 6.94. The van der Waals surface area contributed by atoms with Gasteiger partial charge in [-0.3, -0.25) is 4.79 Å². The lowest BCUT2D eigenvalue weighted by molar-refractivity contribution is 0.102. The highest BCUT2D eigenvalue weighted by Crippen LogP contribution is 2.25. The number of benzene rings is 2. The van der Waals surface area contributed by atoms with Crippen LogP contribution in [0.25, 0.3) is 5.57 Å². The highest BCUT2D eigenvalue weighted by molar-refractivity contribution is 6.07. The molecule has 30 heavy (non-hydrogen) atoms. The van der Waals surface area contributed by atoms with Crippen molar-refractivity contribution < 1.29 is 9.53 Å². The third-order valence-electron chi connectivity index (χ3n) is 5.03. The topological polar surface area (TPSA) is 93.4 Å². The van der Waals surface area contributed by atoms with Gasteiger partial charge in [0.2, 0.25) is 5.95 Å². The summed E-state index contributed by atoms with van der Waals surface area (Å²) < 4.78 is 5.12. The number of carbonyl (C=O) groups excluding carboxylic acids is 1. The summed E-state index contributed by atoms with van der Waals surface area (Å²) in [5.41, 5.74) is 9.51. The second kappa shape index (κ2) is 8.65. The quantitative estimate of drug-likeness (QED) is 0.678. The van der Waals surface area contributed by atoms with Crippen molar-refractivity contribution in [2.75, 3.05) is 36.1 Å². The molecule has 7 heteroatoms. The second-order valence-electron chi connectivity index (χ2n) is 6.94. The Balaban J connectivity index is 1.44. The lowest BCUT2D eigenvalue weighted by atomic mass is 10.00. The minimum Gasteiger partial charge on any atom is -0.497 e. The van der Waals surface area contributed by atoms with Crippen LogP contribution in [0.2, 0.25) is 0 Å². The summed E-state index contributed by atoms with van der Waals surface area (Å²) in [5.74, 6) is 1.04. The average molecular weight is 401 g/mol. The molecule has 0 radical (unpaired) electrons. The van der Waals surface area contributed by atoms with Gasteiger partial charge in [-0.2, -0.15) is 4.98 Å². The lowest BCUT2D eigenvalue weighted by Crippen LogP contribution is -2.30. The molecule has 0 spiro atoms. The number of nitrogens with one attached hydrogen (secondary N) is 1. The van der Waals surface area contributed by atoms with Crippen LogP contribution in [-0.4, -0.2) is 36.1 Å². The summed E-state index contributed by atoms with van der Waals surface area (Å²) in [6.07, 6.45) is 4.56. The van der Waals surface area contributed by atoms with E-state index in [1.807, 2.05) is 23.1 Å². The summed E-state index contributed by atoms with van der Waals surface area (Å²) >= 11 is 0. The molecule has 0 saturated carbocycles. The number of methoxy groups -OCH3 is 1. The number of hydrogen-bond donors (Lipinski definition) is 2. The Morgan fingerprint density at radius 2 is 1.90 bits per heavy atom. The fourth-order valence-electron chi connectivity index (χ4n) is 3.35. The molecule has 0 fully saturated rings. The summed E-state index contributed by atoms with van der Waals surface area (Å²) in [7, 11) is 1.59. The number of carbonyl (C=O) groups is 1. The normalized spacial score (nSPS) is 13.5. The van der Waals surface area contributed by atoms with Gasteiger partial charge in [0.05, 0.1) is 7.11 Å². The van der Waals surface area contributed by atoms with Crippen LogP contribution in [0.5, 0.6) is 5.75 Å². The van der Waals surface area contributed by atoms with Crippen LogP contribution >= 0.6 is 0 Å². The molecule has 2 aromatic carbocycles. The molecule has 1 aliphatic rings. The molecule has 7 nitrogen and oxygen atoms in total. The van der Waals surface area contributed by atoms with E-state index in [1.165, 1.54) is 17.3 Å². The zero-order chi connectivity index (χ0) is 20.9. The van der Waals surface area contributed by atoms with Crippen molar-refractivity contribution in [3.8, 4) is 5.75 Å². The van der Waals surface area contributed by atoms with Crippen molar-refractivity contribution in [2.24, 2.45) is 0 Å². The minimum absolute atomic E-state index is 0.156. The number of hydrogen-bond acceptors (Lipinski definition) is 6. The maximum atomic E-state index is 12.6. The molecular weight excluding hydrogens is 378 g/mol. The van der Waals surface area contributed by atoms with E-state index in [0.717, 1.165) is 13.0 Å². The van der Waals surface area contributed by atoms with E-state index in [1.54, 1.807) is 31.4 Å². The number of ether oxygens (including phenoxy) is 1. The Kier molecular flexibility index (Phi) is 5.61.